The van der Waals surface area contributed by atoms with E-state index in [1.807, 2.05) is 36.4 Å². The molecule has 0 saturated heterocycles. The average molecular weight is 735 g/mol. The third-order valence-electron chi connectivity index (χ3n) is 14.3. The van der Waals surface area contributed by atoms with Gasteiger partial charge in [0.2, 0.25) is 0 Å². The molecule has 0 atom stereocenters. The Kier molecular flexibility index (Phi) is 15.1. The van der Waals surface area contributed by atoms with E-state index in [1.165, 1.54) is 77.0 Å². The molecule has 4 fully saturated rings. The van der Waals surface area contributed by atoms with E-state index in [-0.39, 0.29) is 23.8 Å². The van der Waals surface area contributed by atoms with Crippen LogP contribution >= 0.6 is 0 Å². The monoisotopic (exact) mass is 735 g/mol. The van der Waals surface area contributed by atoms with Gasteiger partial charge in [0.25, 0.3) is 0 Å². The van der Waals surface area contributed by atoms with Gasteiger partial charge < -0.3 is 9.47 Å². The summed E-state index contributed by atoms with van der Waals surface area (Å²) < 4.78 is 12.3. The molecule has 2 aromatic carbocycles. The first-order chi connectivity index (χ1) is 26.4. The summed E-state index contributed by atoms with van der Waals surface area (Å²) in [7, 11) is 0. The maximum atomic E-state index is 13.5. The predicted octanol–water partition coefficient (Wildman–Crippen LogP) is 13.4. The average Bonchev–Trinajstić information content (AvgIpc) is 3.20. The number of carbonyl (C=O) groups is 2. The second kappa shape index (κ2) is 20.1. The molecule has 4 nitrogen and oxygen atoms in total. The molecule has 0 heterocycles. The van der Waals surface area contributed by atoms with Crippen LogP contribution in [0.2, 0.25) is 0 Å². The Labute approximate surface area is 328 Å². The van der Waals surface area contributed by atoms with Gasteiger partial charge in [-0.1, -0.05) is 89.5 Å². The molecule has 0 bridgehead atoms. The molecule has 0 aromatic heterocycles. The van der Waals surface area contributed by atoms with Gasteiger partial charge in [-0.25, -0.2) is 0 Å². The molecule has 4 aliphatic carbocycles. The lowest BCUT2D eigenvalue weighted by Gasteiger charge is -2.37. The van der Waals surface area contributed by atoms with Crippen molar-refractivity contribution in [3.05, 3.63) is 72.8 Å². The van der Waals surface area contributed by atoms with Crippen molar-refractivity contribution in [1.29, 1.82) is 0 Å². The van der Waals surface area contributed by atoms with Crippen molar-refractivity contribution in [2.75, 3.05) is 0 Å². The summed E-state index contributed by atoms with van der Waals surface area (Å²) in [5, 5.41) is 0. The molecular formula is C50H70O4. The van der Waals surface area contributed by atoms with E-state index < -0.39 is 0 Å². The summed E-state index contributed by atoms with van der Waals surface area (Å²) >= 11 is 0. The highest BCUT2D eigenvalue weighted by Crippen LogP contribution is 2.44. The lowest BCUT2D eigenvalue weighted by Crippen LogP contribution is -2.30. The SMILES string of the molecule is C=CCc1cc(-c2ccc(OC(=O)C3CCC(C4CCC(CCC)CC4)CC3)c(CC=C)c2)ccc1OC(=O)C1CCC(C2CCC(CCC)CC2)CC1. The van der Waals surface area contributed by atoms with E-state index in [4.69, 9.17) is 9.47 Å². The number of hydrogen-bond acceptors (Lipinski definition) is 4. The van der Waals surface area contributed by atoms with Crippen molar-refractivity contribution in [1.82, 2.24) is 0 Å². The zero-order valence-electron chi connectivity index (χ0n) is 33.8. The minimum Gasteiger partial charge on any atom is -0.426 e. The van der Waals surface area contributed by atoms with E-state index >= 15 is 0 Å². The van der Waals surface area contributed by atoms with Gasteiger partial charge in [-0.2, -0.15) is 0 Å². The van der Waals surface area contributed by atoms with Crippen LogP contribution < -0.4 is 9.47 Å². The molecule has 0 N–H and O–H groups in total. The molecule has 0 radical (unpaired) electrons. The number of carbonyl (C=O) groups excluding carboxylic acids is 2. The Bertz CT molecular complexity index is 1410. The van der Waals surface area contributed by atoms with Gasteiger partial charge in [-0.3, -0.25) is 9.59 Å². The normalized spacial score (nSPS) is 28.9. The molecular weight excluding hydrogens is 665 g/mol. The third-order valence-corrected chi connectivity index (χ3v) is 14.3. The summed E-state index contributed by atoms with van der Waals surface area (Å²) in [5.74, 6) is 6.21. The second-order valence-corrected chi connectivity index (χ2v) is 17.8. The Morgan fingerprint density at radius 3 is 1.19 bits per heavy atom. The maximum absolute atomic E-state index is 13.5. The van der Waals surface area contributed by atoms with E-state index in [0.29, 0.717) is 24.3 Å². The second-order valence-electron chi connectivity index (χ2n) is 17.8. The Hall–Kier alpha value is -3.14. The fourth-order valence-corrected chi connectivity index (χ4v) is 11.1. The van der Waals surface area contributed by atoms with E-state index in [2.05, 4.69) is 39.1 Å². The first-order valence-corrected chi connectivity index (χ1v) is 22.3. The number of rotatable bonds is 15. The van der Waals surface area contributed by atoms with Crippen LogP contribution in [0.4, 0.5) is 0 Å². The standard InChI is InChI=1S/C50H70O4/c1-5-9-35-13-17-37(18-14-35)39-21-25-41(26-22-39)49(51)53-47-31-29-43(33-45(47)11-7-3)44-30-32-48(46(34-44)12-8-4)54-50(52)42-27-23-40(24-28-42)38-19-15-36(10-6-2)16-20-38/h7-8,29-42H,3-6,9-28H2,1-2H3. The van der Waals surface area contributed by atoms with Gasteiger partial charge in [0.05, 0.1) is 11.8 Å². The van der Waals surface area contributed by atoms with E-state index in [9.17, 15) is 9.59 Å². The van der Waals surface area contributed by atoms with E-state index in [1.54, 1.807) is 0 Å². The molecule has 4 saturated carbocycles. The summed E-state index contributed by atoms with van der Waals surface area (Å²) in [4.78, 5) is 26.9. The highest BCUT2D eigenvalue weighted by Gasteiger charge is 2.35. The molecule has 6 rings (SSSR count). The third kappa shape index (κ3) is 10.6. The van der Waals surface area contributed by atoms with Gasteiger partial charge in [-0.05, 0) is 172 Å². The highest BCUT2D eigenvalue weighted by molar-refractivity contribution is 5.78. The first-order valence-electron chi connectivity index (χ1n) is 22.3. The summed E-state index contributed by atoms with van der Waals surface area (Å²) in [6.07, 6.45) is 29.9. The summed E-state index contributed by atoms with van der Waals surface area (Å²) in [6.45, 7) is 12.6. The molecule has 2 aromatic rings. The van der Waals surface area contributed by atoms with Gasteiger partial charge in [-0.15, -0.1) is 13.2 Å². The summed E-state index contributed by atoms with van der Waals surface area (Å²) in [6, 6.07) is 12.2. The zero-order valence-corrected chi connectivity index (χ0v) is 33.8. The van der Waals surface area contributed by atoms with E-state index in [0.717, 1.165) is 109 Å². The van der Waals surface area contributed by atoms with Crippen LogP contribution in [0, 0.1) is 47.3 Å². The Morgan fingerprint density at radius 2 is 0.870 bits per heavy atom. The van der Waals surface area contributed by atoms with Gasteiger partial charge in [0.1, 0.15) is 11.5 Å². The van der Waals surface area contributed by atoms with Crippen molar-refractivity contribution in [3.63, 3.8) is 0 Å². The molecule has 0 spiro atoms. The van der Waals surface area contributed by atoms with Crippen LogP contribution in [0.15, 0.2) is 61.7 Å². The van der Waals surface area contributed by atoms with Crippen LogP contribution in [0.5, 0.6) is 11.5 Å². The van der Waals surface area contributed by atoms with Gasteiger partial charge in [0, 0.05) is 0 Å². The Morgan fingerprint density at radius 1 is 0.537 bits per heavy atom. The maximum Gasteiger partial charge on any atom is 0.314 e. The Balaban J connectivity index is 1.03. The number of benzene rings is 2. The van der Waals surface area contributed by atoms with Crippen LogP contribution in [0.1, 0.15) is 153 Å². The van der Waals surface area contributed by atoms with Crippen molar-refractivity contribution < 1.29 is 19.1 Å². The molecule has 0 aliphatic heterocycles. The molecule has 294 valence electrons. The van der Waals surface area contributed by atoms with Gasteiger partial charge in [0.15, 0.2) is 0 Å². The number of ether oxygens (including phenoxy) is 2. The molecule has 0 unspecified atom stereocenters. The lowest BCUT2D eigenvalue weighted by atomic mass is 9.69. The minimum absolute atomic E-state index is 0.0176. The van der Waals surface area contributed by atoms with Crippen LogP contribution in [0.25, 0.3) is 11.1 Å². The van der Waals surface area contributed by atoms with Crippen molar-refractivity contribution in [2.24, 2.45) is 47.3 Å². The topological polar surface area (TPSA) is 52.6 Å². The van der Waals surface area contributed by atoms with Crippen molar-refractivity contribution >= 4 is 11.9 Å². The fourth-order valence-electron chi connectivity index (χ4n) is 11.1. The number of esters is 2. The van der Waals surface area contributed by atoms with Crippen molar-refractivity contribution in [3.8, 4) is 22.6 Å². The minimum atomic E-state index is -0.0828. The smallest absolute Gasteiger partial charge is 0.314 e. The van der Waals surface area contributed by atoms with Crippen molar-refractivity contribution in [2.45, 2.75) is 155 Å². The zero-order chi connectivity index (χ0) is 37.9. The van der Waals surface area contributed by atoms with Crippen LogP contribution in [-0.4, -0.2) is 11.9 Å². The highest BCUT2D eigenvalue weighted by atomic mass is 16.5. The molecule has 0 amide bonds. The van der Waals surface area contributed by atoms with Gasteiger partial charge >= 0.3 is 11.9 Å². The first kappa shape index (κ1) is 40.5. The number of hydrogen-bond donors (Lipinski definition) is 0. The van der Waals surface area contributed by atoms with Crippen LogP contribution in [0.3, 0.4) is 0 Å². The molecule has 4 aliphatic rings. The summed E-state index contributed by atoms with van der Waals surface area (Å²) in [5.41, 5.74) is 3.98. The predicted molar refractivity (Wildman–Crippen MR) is 223 cm³/mol. The largest absolute Gasteiger partial charge is 0.426 e. The quantitative estimate of drug-likeness (QED) is 0.104. The fraction of sp³-hybridized carbons (Fsp3) is 0.640. The molecule has 4 heteroatoms. The lowest BCUT2D eigenvalue weighted by molar-refractivity contribution is -0.141. The van der Waals surface area contributed by atoms with Crippen LogP contribution in [-0.2, 0) is 22.4 Å². The number of allylic oxidation sites excluding steroid dienone is 2. The molecule has 54 heavy (non-hydrogen) atoms.